The highest BCUT2D eigenvalue weighted by Gasteiger charge is 2.10. The first-order chi connectivity index (χ1) is 10.3. The lowest BCUT2D eigenvalue weighted by atomic mass is 10.2. The molecule has 0 fully saturated rings. The van der Waals surface area contributed by atoms with E-state index in [9.17, 15) is 0 Å². The summed E-state index contributed by atoms with van der Waals surface area (Å²) in [5.41, 5.74) is 0. The SMILES string of the molecule is CC.CC.CCCCCn1nccc1N(CCO)CCO. The van der Waals surface area contributed by atoms with Crippen LogP contribution in [0.25, 0.3) is 0 Å². The predicted molar refractivity (Wildman–Crippen MR) is 90.8 cm³/mol. The first-order valence-electron chi connectivity index (χ1n) is 8.32. The van der Waals surface area contributed by atoms with Gasteiger partial charge in [-0.3, -0.25) is 0 Å². The van der Waals surface area contributed by atoms with Gasteiger partial charge in [0.1, 0.15) is 5.82 Å². The van der Waals surface area contributed by atoms with Crippen molar-refractivity contribution in [3.63, 3.8) is 0 Å². The van der Waals surface area contributed by atoms with E-state index in [1.807, 2.05) is 43.3 Å². The molecule has 0 aliphatic heterocycles. The maximum absolute atomic E-state index is 9.01. The van der Waals surface area contributed by atoms with E-state index in [4.69, 9.17) is 10.2 Å². The smallest absolute Gasteiger partial charge is 0.126 e. The lowest BCUT2D eigenvalue weighted by Gasteiger charge is -2.23. The van der Waals surface area contributed by atoms with E-state index >= 15 is 0 Å². The molecular weight excluding hydrogens is 266 g/mol. The molecule has 1 heterocycles. The topological polar surface area (TPSA) is 61.5 Å². The van der Waals surface area contributed by atoms with E-state index in [0.29, 0.717) is 13.1 Å². The van der Waals surface area contributed by atoms with Crippen LogP contribution in [0.3, 0.4) is 0 Å². The summed E-state index contributed by atoms with van der Waals surface area (Å²) >= 11 is 0. The zero-order valence-corrected chi connectivity index (χ0v) is 14.5. The molecule has 0 radical (unpaired) electrons. The fraction of sp³-hybridized carbons (Fsp3) is 0.812. The first-order valence-corrected chi connectivity index (χ1v) is 8.32. The number of anilines is 1. The molecule has 126 valence electrons. The van der Waals surface area contributed by atoms with Gasteiger partial charge in [0.25, 0.3) is 0 Å². The fourth-order valence-electron chi connectivity index (χ4n) is 1.86. The van der Waals surface area contributed by atoms with Gasteiger partial charge < -0.3 is 15.1 Å². The second kappa shape index (κ2) is 17.0. The second-order valence-electron chi connectivity index (χ2n) is 4.05. The van der Waals surface area contributed by atoms with Gasteiger partial charge in [-0.1, -0.05) is 47.5 Å². The van der Waals surface area contributed by atoms with E-state index in [1.165, 1.54) is 12.8 Å². The molecule has 0 aliphatic carbocycles. The molecular formula is C16H35N3O2. The van der Waals surface area contributed by atoms with Gasteiger partial charge in [-0.2, -0.15) is 5.10 Å². The molecule has 2 N–H and O–H groups in total. The molecule has 21 heavy (non-hydrogen) atoms. The highest BCUT2D eigenvalue weighted by Crippen LogP contribution is 2.14. The number of aliphatic hydroxyl groups is 2. The summed E-state index contributed by atoms with van der Waals surface area (Å²) in [5, 5.41) is 22.3. The van der Waals surface area contributed by atoms with Crippen molar-refractivity contribution in [2.45, 2.75) is 60.4 Å². The molecule has 0 spiro atoms. The van der Waals surface area contributed by atoms with Gasteiger partial charge in [0.2, 0.25) is 0 Å². The van der Waals surface area contributed by atoms with E-state index in [-0.39, 0.29) is 13.2 Å². The second-order valence-corrected chi connectivity index (χ2v) is 4.05. The molecule has 0 unspecified atom stereocenters. The molecule has 0 bridgehead atoms. The Balaban J connectivity index is 0. The van der Waals surface area contributed by atoms with Crippen LogP contribution in [0.1, 0.15) is 53.9 Å². The minimum atomic E-state index is 0.0835. The van der Waals surface area contributed by atoms with Gasteiger partial charge in [0, 0.05) is 25.7 Å². The molecule has 0 saturated heterocycles. The van der Waals surface area contributed by atoms with Gasteiger partial charge in [-0.15, -0.1) is 0 Å². The number of nitrogens with zero attached hydrogens (tertiary/aromatic N) is 3. The Morgan fingerprint density at radius 3 is 2.10 bits per heavy atom. The third-order valence-electron chi connectivity index (χ3n) is 2.73. The number of rotatable bonds is 9. The van der Waals surface area contributed by atoms with E-state index < -0.39 is 0 Å². The van der Waals surface area contributed by atoms with Crippen molar-refractivity contribution in [1.82, 2.24) is 9.78 Å². The monoisotopic (exact) mass is 301 g/mol. The Kier molecular flexibility index (Phi) is 18.0. The fourth-order valence-corrected chi connectivity index (χ4v) is 1.86. The molecule has 5 heteroatoms. The molecule has 0 amide bonds. The molecule has 1 aromatic heterocycles. The molecule has 0 aromatic carbocycles. The van der Waals surface area contributed by atoms with Gasteiger partial charge in [-0.05, 0) is 6.42 Å². The average molecular weight is 301 g/mol. The van der Waals surface area contributed by atoms with Crippen LogP contribution < -0.4 is 4.90 Å². The average Bonchev–Trinajstić information content (AvgIpc) is 3.00. The lowest BCUT2D eigenvalue weighted by molar-refractivity contribution is 0.279. The van der Waals surface area contributed by atoms with Gasteiger partial charge in [0.15, 0.2) is 0 Å². The van der Waals surface area contributed by atoms with Crippen LogP contribution >= 0.6 is 0 Å². The Morgan fingerprint density at radius 2 is 1.62 bits per heavy atom. The van der Waals surface area contributed by atoms with Crippen molar-refractivity contribution in [3.05, 3.63) is 12.3 Å². The number of unbranched alkanes of at least 4 members (excludes halogenated alkanes) is 2. The maximum atomic E-state index is 9.01. The van der Waals surface area contributed by atoms with Crippen molar-refractivity contribution in [1.29, 1.82) is 0 Å². The van der Waals surface area contributed by atoms with Crippen LogP contribution in [0, 0.1) is 0 Å². The predicted octanol–water partition coefficient (Wildman–Crippen LogP) is 2.92. The van der Waals surface area contributed by atoms with Crippen molar-refractivity contribution in [3.8, 4) is 0 Å². The summed E-state index contributed by atoms with van der Waals surface area (Å²) in [7, 11) is 0. The van der Waals surface area contributed by atoms with Crippen LogP contribution in [-0.2, 0) is 6.54 Å². The van der Waals surface area contributed by atoms with Crippen molar-refractivity contribution >= 4 is 5.82 Å². The normalized spacial score (nSPS) is 9.29. The number of hydrogen-bond donors (Lipinski definition) is 2. The highest BCUT2D eigenvalue weighted by molar-refractivity contribution is 5.38. The zero-order chi connectivity index (χ0) is 16.5. The number of aromatic nitrogens is 2. The van der Waals surface area contributed by atoms with Crippen molar-refractivity contribution in [2.75, 3.05) is 31.2 Å². The van der Waals surface area contributed by atoms with Gasteiger partial charge >= 0.3 is 0 Å². The summed E-state index contributed by atoms with van der Waals surface area (Å²) in [6.45, 7) is 12.3. The van der Waals surface area contributed by atoms with E-state index in [1.54, 1.807) is 6.20 Å². The van der Waals surface area contributed by atoms with E-state index in [0.717, 1.165) is 18.8 Å². The maximum Gasteiger partial charge on any atom is 0.126 e. The molecule has 0 saturated carbocycles. The Morgan fingerprint density at radius 1 is 1.05 bits per heavy atom. The molecule has 1 rings (SSSR count). The van der Waals surface area contributed by atoms with E-state index in [2.05, 4.69) is 12.0 Å². The summed E-state index contributed by atoms with van der Waals surface area (Å²) in [6.07, 6.45) is 5.26. The Hall–Kier alpha value is -1.07. The summed E-state index contributed by atoms with van der Waals surface area (Å²) in [5.74, 6) is 0.976. The molecule has 0 aliphatic rings. The van der Waals surface area contributed by atoms with Crippen LogP contribution in [0.4, 0.5) is 5.82 Å². The third kappa shape index (κ3) is 9.47. The zero-order valence-electron chi connectivity index (χ0n) is 14.5. The Bertz CT molecular complexity index is 297. The molecule has 1 aromatic rings. The Labute approximate surface area is 130 Å². The standard InChI is InChI=1S/C12H23N3O2.2C2H6/c1-2-3-4-7-15-12(5-6-13-15)14(8-10-16)9-11-17;2*1-2/h5-6,16-17H,2-4,7-11H2,1H3;2*1-2H3. The quantitative estimate of drug-likeness (QED) is 0.689. The minimum Gasteiger partial charge on any atom is -0.395 e. The van der Waals surface area contributed by atoms with Gasteiger partial charge in [0.05, 0.1) is 19.4 Å². The van der Waals surface area contributed by atoms with Crippen LogP contribution in [-0.4, -0.2) is 46.3 Å². The summed E-state index contributed by atoms with van der Waals surface area (Å²) < 4.78 is 1.95. The molecule has 5 nitrogen and oxygen atoms in total. The largest absolute Gasteiger partial charge is 0.395 e. The number of aliphatic hydroxyl groups excluding tert-OH is 2. The molecule has 0 atom stereocenters. The first kappa shape index (κ1) is 22.2. The van der Waals surface area contributed by atoms with Crippen LogP contribution in [0.2, 0.25) is 0 Å². The van der Waals surface area contributed by atoms with Crippen LogP contribution in [0.15, 0.2) is 12.3 Å². The third-order valence-corrected chi connectivity index (χ3v) is 2.73. The lowest BCUT2D eigenvalue weighted by Crippen LogP contribution is -2.31. The van der Waals surface area contributed by atoms with Crippen LogP contribution in [0.5, 0.6) is 0 Å². The number of hydrogen-bond acceptors (Lipinski definition) is 4. The van der Waals surface area contributed by atoms with Crippen molar-refractivity contribution < 1.29 is 10.2 Å². The highest BCUT2D eigenvalue weighted by atomic mass is 16.3. The minimum absolute atomic E-state index is 0.0835. The van der Waals surface area contributed by atoms with Gasteiger partial charge in [-0.25, -0.2) is 4.68 Å². The van der Waals surface area contributed by atoms with Crippen molar-refractivity contribution in [2.24, 2.45) is 0 Å². The summed E-state index contributed by atoms with van der Waals surface area (Å²) in [4.78, 5) is 1.96. The number of aryl methyl sites for hydroxylation is 1. The summed E-state index contributed by atoms with van der Waals surface area (Å²) in [6, 6.07) is 1.93.